The molecule has 4 aromatic carbocycles. The molecule has 3 N–H and O–H groups in total. The highest BCUT2D eigenvalue weighted by Gasteiger charge is 2.27. The lowest BCUT2D eigenvalue weighted by Crippen LogP contribution is -2.53. The maximum Gasteiger partial charge on any atom is 0.408 e. The predicted octanol–water partition coefficient (Wildman–Crippen LogP) is 4.57. The Bertz CT molecular complexity index is 1460. The number of rotatable bonds is 12. The molecule has 0 aliphatic carbocycles. The van der Waals surface area contributed by atoms with Crippen molar-refractivity contribution in [2.24, 2.45) is 0 Å². The molecule has 0 radical (unpaired) electrons. The molecule has 0 aromatic heterocycles. The minimum Gasteiger partial charge on any atom is -0.480 e. The van der Waals surface area contributed by atoms with Gasteiger partial charge in [-0.15, -0.1) is 0 Å². The van der Waals surface area contributed by atoms with E-state index in [1.54, 1.807) is 48.5 Å². The summed E-state index contributed by atoms with van der Waals surface area (Å²) in [5, 5.41) is 15.0. The summed E-state index contributed by atoms with van der Waals surface area (Å²) in [5.74, 6) is -2.03. The number of ketones is 1. The van der Waals surface area contributed by atoms with Crippen molar-refractivity contribution in [3.05, 3.63) is 143 Å². The molecule has 0 bridgehead atoms. The Morgan fingerprint density at radius 2 is 1.07 bits per heavy atom. The van der Waals surface area contributed by atoms with Crippen LogP contribution >= 0.6 is 0 Å². The highest BCUT2D eigenvalue weighted by molar-refractivity contribution is 6.08. The molecule has 0 saturated carbocycles. The Balaban J connectivity index is 1.42. The largest absolute Gasteiger partial charge is 0.480 e. The number of benzene rings is 4. The number of carbonyl (C=O) groups is 4. The molecule has 4 aromatic rings. The zero-order chi connectivity index (χ0) is 29.0. The molecule has 0 unspecified atom stereocenters. The molecule has 4 rings (SSSR count). The highest BCUT2D eigenvalue weighted by Crippen LogP contribution is 2.13. The summed E-state index contributed by atoms with van der Waals surface area (Å²) < 4.78 is 5.28. The molecule has 0 heterocycles. The van der Waals surface area contributed by atoms with Gasteiger partial charge < -0.3 is 20.5 Å². The normalized spacial score (nSPS) is 12.0. The molecular formula is C33H30N2O6. The van der Waals surface area contributed by atoms with E-state index in [9.17, 15) is 24.3 Å². The lowest BCUT2D eigenvalue weighted by Gasteiger charge is -2.22. The Kier molecular flexibility index (Phi) is 9.98. The van der Waals surface area contributed by atoms with Crippen LogP contribution in [0.1, 0.15) is 32.6 Å². The van der Waals surface area contributed by atoms with Crippen molar-refractivity contribution in [1.29, 1.82) is 0 Å². The number of carboxylic acids is 1. The minimum atomic E-state index is -1.27. The summed E-state index contributed by atoms with van der Waals surface area (Å²) in [5.41, 5.74) is 3.21. The molecule has 208 valence electrons. The number of hydrogen-bond donors (Lipinski definition) is 3. The monoisotopic (exact) mass is 550 g/mol. The first kappa shape index (κ1) is 28.8. The van der Waals surface area contributed by atoms with E-state index in [0.29, 0.717) is 16.7 Å². The molecule has 0 aliphatic rings. The maximum atomic E-state index is 13.3. The Hall–Kier alpha value is -5.24. The summed E-state index contributed by atoms with van der Waals surface area (Å²) in [6.45, 7) is 0.0207. The number of hydrogen-bond acceptors (Lipinski definition) is 5. The van der Waals surface area contributed by atoms with Crippen LogP contribution < -0.4 is 10.6 Å². The van der Waals surface area contributed by atoms with Crippen LogP contribution in [0.2, 0.25) is 0 Å². The quantitative estimate of drug-likeness (QED) is 0.222. The number of carbonyl (C=O) groups excluding carboxylic acids is 3. The second-order valence-electron chi connectivity index (χ2n) is 9.44. The second kappa shape index (κ2) is 14.2. The summed E-state index contributed by atoms with van der Waals surface area (Å²) in [6, 6.07) is 31.3. The number of alkyl carbamates (subject to hydrolysis) is 1. The van der Waals surface area contributed by atoms with Gasteiger partial charge in [0.1, 0.15) is 18.7 Å². The first-order valence-electron chi connectivity index (χ1n) is 13.1. The van der Waals surface area contributed by atoms with E-state index in [1.165, 1.54) is 0 Å². The molecule has 0 saturated heterocycles. The topological polar surface area (TPSA) is 122 Å². The van der Waals surface area contributed by atoms with E-state index in [0.717, 1.165) is 11.1 Å². The van der Waals surface area contributed by atoms with Crippen LogP contribution in [-0.4, -0.2) is 40.9 Å². The van der Waals surface area contributed by atoms with Gasteiger partial charge in [0.15, 0.2) is 5.78 Å². The van der Waals surface area contributed by atoms with Crippen molar-refractivity contribution >= 4 is 23.8 Å². The number of carboxylic acid groups (broad SMARTS) is 1. The number of nitrogens with one attached hydrogen (secondary N) is 2. The van der Waals surface area contributed by atoms with Crippen molar-refractivity contribution < 1.29 is 29.0 Å². The molecular weight excluding hydrogens is 520 g/mol. The van der Waals surface area contributed by atoms with Gasteiger partial charge in [-0.05, 0) is 16.7 Å². The molecule has 8 nitrogen and oxygen atoms in total. The fourth-order valence-corrected chi connectivity index (χ4v) is 4.22. The van der Waals surface area contributed by atoms with Crippen LogP contribution in [0.5, 0.6) is 0 Å². The van der Waals surface area contributed by atoms with Crippen LogP contribution in [0.4, 0.5) is 4.79 Å². The molecule has 2 atom stereocenters. The van der Waals surface area contributed by atoms with E-state index in [4.69, 9.17) is 4.74 Å². The molecule has 0 aliphatic heterocycles. The maximum absolute atomic E-state index is 13.3. The van der Waals surface area contributed by atoms with Crippen molar-refractivity contribution in [2.45, 2.75) is 31.5 Å². The lowest BCUT2D eigenvalue weighted by atomic mass is 9.99. The molecule has 2 amide bonds. The Labute approximate surface area is 238 Å². The van der Waals surface area contributed by atoms with Crippen molar-refractivity contribution in [1.82, 2.24) is 10.6 Å². The van der Waals surface area contributed by atoms with Gasteiger partial charge in [-0.3, -0.25) is 9.59 Å². The average molecular weight is 551 g/mol. The van der Waals surface area contributed by atoms with Gasteiger partial charge in [-0.25, -0.2) is 9.59 Å². The van der Waals surface area contributed by atoms with Gasteiger partial charge in [-0.2, -0.15) is 0 Å². The van der Waals surface area contributed by atoms with E-state index in [-0.39, 0.29) is 25.2 Å². The third-order valence-corrected chi connectivity index (χ3v) is 6.41. The van der Waals surface area contributed by atoms with Gasteiger partial charge in [0.05, 0.1) is 0 Å². The highest BCUT2D eigenvalue weighted by atomic mass is 16.5. The van der Waals surface area contributed by atoms with E-state index in [1.807, 2.05) is 66.7 Å². The van der Waals surface area contributed by atoms with Crippen molar-refractivity contribution in [3.8, 4) is 0 Å². The smallest absolute Gasteiger partial charge is 0.408 e. The van der Waals surface area contributed by atoms with Crippen LogP contribution in [-0.2, 0) is 33.8 Å². The summed E-state index contributed by atoms with van der Waals surface area (Å²) in [6.07, 6.45) is -0.678. The first-order valence-corrected chi connectivity index (χ1v) is 13.1. The molecule has 8 heteroatoms. The van der Waals surface area contributed by atoms with Crippen molar-refractivity contribution in [3.63, 3.8) is 0 Å². The van der Waals surface area contributed by atoms with Crippen LogP contribution in [0.3, 0.4) is 0 Å². The van der Waals surface area contributed by atoms with Crippen LogP contribution in [0.25, 0.3) is 0 Å². The number of amides is 2. The van der Waals surface area contributed by atoms with Gasteiger partial charge in [0, 0.05) is 24.0 Å². The van der Waals surface area contributed by atoms with Crippen molar-refractivity contribution in [2.75, 3.05) is 0 Å². The zero-order valence-corrected chi connectivity index (χ0v) is 22.2. The summed E-state index contributed by atoms with van der Waals surface area (Å²) in [4.78, 5) is 50.6. The summed E-state index contributed by atoms with van der Waals surface area (Å²) in [7, 11) is 0. The van der Waals surface area contributed by atoms with Gasteiger partial charge in [0.2, 0.25) is 5.91 Å². The van der Waals surface area contributed by atoms with E-state index in [2.05, 4.69) is 10.6 Å². The fraction of sp³-hybridized carbons (Fsp3) is 0.152. The SMILES string of the molecule is O=C(N[C@@H](Cc1ccccc1)C(=O)N[C@H](Cc1ccc(C(=O)c2ccccc2)cc1)C(=O)O)OCc1ccccc1. The lowest BCUT2D eigenvalue weighted by molar-refractivity contribution is -0.142. The first-order chi connectivity index (χ1) is 19.9. The van der Waals surface area contributed by atoms with E-state index >= 15 is 0 Å². The Morgan fingerprint density at radius 1 is 0.585 bits per heavy atom. The summed E-state index contributed by atoms with van der Waals surface area (Å²) >= 11 is 0. The molecule has 0 spiro atoms. The van der Waals surface area contributed by atoms with Crippen LogP contribution in [0.15, 0.2) is 115 Å². The third kappa shape index (κ3) is 8.63. The average Bonchev–Trinajstić information content (AvgIpc) is 3.00. The van der Waals surface area contributed by atoms with E-state index < -0.39 is 30.1 Å². The number of ether oxygens (including phenoxy) is 1. The van der Waals surface area contributed by atoms with Gasteiger partial charge in [-0.1, -0.05) is 115 Å². The number of aliphatic carboxylic acids is 1. The van der Waals surface area contributed by atoms with Gasteiger partial charge in [0.25, 0.3) is 0 Å². The Morgan fingerprint density at radius 3 is 1.66 bits per heavy atom. The predicted molar refractivity (Wildman–Crippen MR) is 153 cm³/mol. The third-order valence-electron chi connectivity index (χ3n) is 6.41. The van der Waals surface area contributed by atoms with Gasteiger partial charge >= 0.3 is 12.1 Å². The fourth-order valence-electron chi connectivity index (χ4n) is 4.22. The second-order valence-corrected chi connectivity index (χ2v) is 9.44. The van der Waals surface area contributed by atoms with Crippen LogP contribution in [0, 0.1) is 0 Å². The standard InChI is InChI=1S/C33H30N2O6/c36-30(26-14-8-3-9-15-26)27-18-16-24(17-19-27)21-29(32(38)39)34-31(37)28(20-23-10-4-1-5-11-23)35-33(40)41-22-25-12-6-2-7-13-25/h1-19,28-29H,20-22H2,(H,34,37)(H,35,40)(H,38,39)/t28-,29+/m0/s1. The minimum absolute atomic E-state index is 0.0165. The zero-order valence-electron chi connectivity index (χ0n) is 22.2. The molecule has 41 heavy (non-hydrogen) atoms. The molecule has 0 fully saturated rings.